The molecule has 1 fully saturated rings. The van der Waals surface area contributed by atoms with E-state index in [4.69, 9.17) is 4.74 Å². The monoisotopic (exact) mass is 332 g/mol. The summed E-state index contributed by atoms with van der Waals surface area (Å²) in [4.78, 5) is 6.74. The van der Waals surface area contributed by atoms with Crippen LogP contribution in [-0.2, 0) is 17.8 Å². The standard InChI is InChI=1S/C19H32N4O/c1-16(2)7-8-21-19(20-3)22-14-17-5-4-6-18(13-17)15-23-9-11-24-12-10-23/h4-6,13,16H,7-12,14-15H2,1-3H3,(H2,20,21,22). The van der Waals surface area contributed by atoms with E-state index in [2.05, 4.69) is 58.6 Å². The lowest BCUT2D eigenvalue weighted by atomic mass is 10.1. The Morgan fingerprint density at radius 2 is 1.96 bits per heavy atom. The van der Waals surface area contributed by atoms with E-state index in [0.717, 1.165) is 58.3 Å². The maximum atomic E-state index is 5.41. The highest BCUT2D eigenvalue weighted by molar-refractivity contribution is 5.79. The first kappa shape index (κ1) is 18.7. The number of nitrogens with one attached hydrogen (secondary N) is 2. The van der Waals surface area contributed by atoms with Crippen LogP contribution < -0.4 is 10.6 Å². The molecule has 2 N–H and O–H groups in total. The van der Waals surface area contributed by atoms with Gasteiger partial charge in [-0.25, -0.2) is 0 Å². The third-order valence-electron chi connectivity index (χ3n) is 4.20. The van der Waals surface area contributed by atoms with Crippen LogP contribution in [-0.4, -0.2) is 50.8 Å². The van der Waals surface area contributed by atoms with Crippen molar-refractivity contribution in [1.82, 2.24) is 15.5 Å². The van der Waals surface area contributed by atoms with Crippen molar-refractivity contribution in [3.05, 3.63) is 35.4 Å². The van der Waals surface area contributed by atoms with Gasteiger partial charge in [-0.1, -0.05) is 38.1 Å². The van der Waals surface area contributed by atoms with Gasteiger partial charge < -0.3 is 15.4 Å². The minimum absolute atomic E-state index is 0.701. The molecule has 0 spiro atoms. The van der Waals surface area contributed by atoms with Gasteiger partial charge in [-0.15, -0.1) is 0 Å². The Bertz CT molecular complexity index is 510. The zero-order valence-corrected chi connectivity index (χ0v) is 15.3. The number of nitrogens with zero attached hydrogens (tertiary/aromatic N) is 2. The Labute approximate surface area is 146 Å². The molecule has 0 aliphatic carbocycles. The van der Waals surface area contributed by atoms with Crippen LogP contribution in [0.3, 0.4) is 0 Å². The first-order valence-corrected chi connectivity index (χ1v) is 9.00. The molecular weight excluding hydrogens is 300 g/mol. The second-order valence-corrected chi connectivity index (χ2v) is 6.74. The lowest BCUT2D eigenvalue weighted by molar-refractivity contribution is 0.0342. The largest absolute Gasteiger partial charge is 0.379 e. The van der Waals surface area contributed by atoms with Gasteiger partial charge in [0, 0.05) is 39.8 Å². The predicted molar refractivity (Wildman–Crippen MR) is 100 cm³/mol. The summed E-state index contributed by atoms with van der Waals surface area (Å²) >= 11 is 0. The fourth-order valence-electron chi connectivity index (χ4n) is 2.74. The van der Waals surface area contributed by atoms with Crippen LogP contribution in [0.5, 0.6) is 0 Å². The number of aliphatic imine (C=N–C) groups is 1. The Kier molecular flexibility index (Phi) is 8.05. The molecular formula is C19H32N4O. The average Bonchev–Trinajstić information content (AvgIpc) is 2.59. The van der Waals surface area contributed by atoms with Gasteiger partial charge in [0.2, 0.25) is 0 Å². The van der Waals surface area contributed by atoms with Gasteiger partial charge in [-0.2, -0.15) is 0 Å². The zero-order chi connectivity index (χ0) is 17.2. The Hall–Kier alpha value is -1.59. The molecule has 5 nitrogen and oxygen atoms in total. The lowest BCUT2D eigenvalue weighted by Gasteiger charge is -2.26. The normalized spacial score (nSPS) is 16.4. The fourth-order valence-corrected chi connectivity index (χ4v) is 2.74. The van der Waals surface area contributed by atoms with E-state index in [-0.39, 0.29) is 0 Å². The lowest BCUT2D eigenvalue weighted by Crippen LogP contribution is -2.37. The molecule has 0 atom stereocenters. The van der Waals surface area contributed by atoms with Gasteiger partial charge >= 0.3 is 0 Å². The van der Waals surface area contributed by atoms with Crippen molar-refractivity contribution in [2.24, 2.45) is 10.9 Å². The van der Waals surface area contributed by atoms with E-state index >= 15 is 0 Å². The first-order chi connectivity index (χ1) is 11.7. The predicted octanol–water partition coefficient (Wildman–Crippen LogP) is 2.23. The summed E-state index contributed by atoms with van der Waals surface area (Å²) in [7, 11) is 1.82. The van der Waals surface area contributed by atoms with Gasteiger partial charge in [-0.3, -0.25) is 9.89 Å². The smallest absolute Gasteiger partial charge is 0.191 e. The van der Waals surface area contributed by atoms with Crippen molar-refractivity contribution in [1.29, 1.82) is 0 Å². The fraction of sp³-hybridized carbons (Fsp3) is 0.632. The molecule has 1 aliphatic rings. The second kappa shape index (κ2) is 10.3. The molecule has 0 aromatic heterocycles. The minimum Gasteiger partial charge on any atom is -0.379 e. The molecule has 0 radical (unpaired) electrons. The Balaban J connectivity index is 1.80. The Morgan fingerprint density at radius 1 is 1.21 bits per heavy atom. The number of hydrogen-bond acceptors (Lipinski definition) is 3. The van der Waals surface area contributed by atoms with Crippen molar-refractivity contribution < 1.29 is 4.74 Å². The SMILES string of the molecule is CN=C(NCCC(C)C)NCc1cccc(CN2CCOCC2)c1. The summed E-state index contributed by atoms with van der Waals surface area (Å²) in [6.07, 6.45) is 1.15. The van der Waals surface area contributed by atoms with Crippen LogP contribution in [0, 0.1) is 5.92 Å². The molecule has 0 unspecified atom stereocenters. The summed E-state index contributed by atoms with van der Waals surface area (Å²) in [5, 5.41) is 6.76. The number of benzene rings is 1. The number of morpholine rings is 1. The van der Waals surface area contributed by atoms with Crippen molar-refractivity contribution in [3.63, 3.8) is 0 Å². The number of hydrogen-bond donors (Lipinski definition) is 2. The molecule has 5 heteroatoms. The molecule has 24 heavy (non-hydrogen) atoms. The van der Waals surface area contributed by atoms with E-state index in [1.807, 2.05) is 7.05 Å². The van der Waals surface area contributed by atoms with E-state index in [9.17, 15) is 0 Å². The topological polar surface area (TPSA) is 48.9 Å². The molecule has 1 aromatic carbocycles. The van der Waals surface area contributed by atoms with Crippen LogP contribution in [0.1, 0.15) is 31.4 Å². The number of ether oxygens (including phenoxy) is 1. The van der Waals surface area contributed by atoms with Crippen LogP contribution in [0.4, 0.5) is 0 Å². The summed E-state index contributed by atoms with van der Waals surface area (Å²) < 4.78 is 5.41. The first-order valence-electron chi connectivity index (χ1n) is 9.00. The van der Waals surface area contributed by atoms with Crippen LogP contribution >= 0.6 is 0 Å². The van der Waals surface area contributed by atoms with Crippen molar-refractivity contribution in [3.8, 4) is 0 Å². The second-order valence-electron chi connectivity index (χ2n) is 6.74. The van der Waals surface area contributed by atoms with E-state index in [1.165, 1.54) is 11.1 Å². The summed E-state index contributed by atoms with van der Waals surface area (Å²) in [6, 6.07) is 8.79. The van der Waals surface area contributed by atoms with E-state index in [0.29, 0.717) is 5.92 Å². The molecule has 1 heterocycles. The molecule has 0 bridgehead atoms. The maximum absolute atomic E-state index is 5.41. The highest BCUT2D eigenvalue weighted by Gasteiger charge is 2.10. The molecule has 1 saturated heterocycles. The van der Waals surface area contributed by atoms with Gasteiger partial charge in [0.25, 0.3) is 0 Å². The molecule has 1 aliphatic heterocycles. The Morgan fingerprint density at radius 3 is 2.67 bits per heavy atom. The molecule has 134 valence electrons. The third kappa shape index (κ3) is 6.89. The molecule has 0 amide bonds. The minimum atomic E-state index is 0.701. The van der Waals surface area contributed by atoms with E-state index < -0.39 is 0 Å². The van der Waals surface area contributed by atoms with Crippen LogP contribution in [0.2, 0.25) is 0 Å². The van der Waals surface area contributed by atoms with Gasteiger partial charge in [0.1, 0.15) is 0 Å². The number of rotatable bonds is 7. The van der Waals surface area contributed by atoms with Crippen LogP contribution in [0.25, 0.3) is 0 Å². The van der Waals surface area contributed by atoms with Gasteiger partial charge in [-0.05, 0) is 23.5 Å². The van der Waals surface area contributed by atoms with E-state index in [1.54, 1.807) is 0 Å². The molecule has 1 aromatic rings. The molecule has 0 saturated carbocycles. The zero-order valence-electron chi connectivity index (χ0n) is 15.3. The van der Waals surface area contributed by atoms with Crippen LogP contribution in [0.15, 0.2) is 29.3 Å². The highest BCUT2D eigenvalue weighted by Crippen LogP contribution is 2.10. The summed E-state index contributed by atoms with van der Waals surface area (Å²) in [6.45, 7) is 10.9. The van der Waals surface area contributed by atoms with Crippen molar-refractivity contribution in [2.75, 3.05) is 39.9 Å². The summed E-state index contributed by atoms with van der Waals surface area (Å²) in [5.74, 6) is 1.57. The quantitative estimate of drug-likeness (QED) is 0.594. The highest BCUT2D eigenvalue weighted by atomic mass is 16.5. The average molecular weight is 332 g/mol. The van der Waals surface area contributed by atoms with Gasteiger partial charge in [0.05, 0.1) is 13.2 Å². The van der Waals surface area contributed by atoms with Crippen molar-refractivity contribution in [2.45, 2.75) is 33.4 Å². The summed E-state index contributed by atoms with van der Waals surface area (Å²) in [5.41, 5.74) is 2.64. The van der Waals surface area contributed by atoms with Gasteiger partial charge in [0.15, 0.2) is 5.96 Å². The van der Waals surface area contributed by atoms with Crippen molar-refractivity contribution >= 4 is 5.96 Å². The molecule has 2 rings (SSSR count). The maximum Gasteiger partial charge on any atom is 0.191 e. The third-order valence-corrected chi connectivity index (χ3v) is 4.20. The number of guanidine groups is 1.